The minimum absolute atomic E-state index is 0.0190. The lowest BCUT2D eigenvalue weighted by atomic mass is 10.1. The third-order valence-electron chi connectivity index (χ3n) is 8.48. The molecule has 0 aromatic heterocycles. The van der Waals surface area contributed by atoms with Gasteiger partial charge in [-0.3, -0.25) is 18.6 Å². The molecule has 0 aliphatic carbocycles. The van der Waals surface area contributed by atoms with E-state index < -0.39 is 70.6 Å². The number of esters is 2. The highest BCUT2D eigenvalue weighted by Gasteiger charge is 2.27. The topological polar surface area (TPSA) is 189 Å². The first kappa shape index (κ1) is 59.0. The molecule has 0 aromatic rings. The van der Waals surface area contributed by atoms with Gasteiger partial charge in [-0.25, -0.2) is 4.57 Å². The van der Waals surface area contributed by atoms with Gasteiger partial charge in [-0.2, -0.15) is 0 Å². The Morgan fingerprint density at radius 3 is 1.73 bits per heavy atom. The second-order valence-corrected chi connectivity index (χ2v) is 15.8. The van der Waals surface area contributed by atoms with Crippen molar-refractivity contribution >= 4 is 19.8 Å². The first-order valence-corrected chi connectivity index (χ1v) is 23.9. The number of ether oxygens (including phenoxy) is 2. The maximum atomic E-state index is 12.6. The third kappa shape index (κ3) is 43.1. The van der Waals surface area contributed by atoms with E-state index in [9.17, 15) is 34.4 Å². The third-order valence-corrected chi connectivity index (χ3v) is 9.43. The quantitative estimate of drug-likeness (QED) is 0.0129. The summed E-state index contributed by atoms with van der Waals surface area (Å²) in [5.74, 6) is -1.16. The van der Waals surface area contributed by atoms with Crippen LogP contribution in [0.1, 0.15) is 117 Å². The Kier molecular flexibility index (Phi) is 40.6. The van der Waals surface area contributed by atoms with E-state index in [1.54, 1.807) is 30.4 Å². The second kappa shape index (κ2) is 43.3. The molecule has 0 amide bonds. The summed E-state index contributed by atoms with van der Waals surface area (Å²) < 4.78 is 32.6. The summed E-state index contributed by atoms with van der Waals surface area (Å²) in [6, 6.07) is 0. The van der Waals surface area contributed by atoms with Crippen molar-refractivity contribution in [3.05, 3.63) is 134 Å². The molecule has 0 aliphatic heterocycles. The SMILES string of the molecule is CC/C=C\C/C=C\C/C=C\C/C=C\C/C=C\CCCCCC(=O)OC[C@H](COP(=O)(O)OC[C@@H](O)CO)OC(=O)CCC/C=C\[C@@H](O)/C=C/C=C\C/C=C\C=C\[C@@H](O)C/C=C\CC. The summed E-state index contributed by atoms with van der Waals surface area (Å²) in [6.45, 7) is 1.78. The van der Waals surface area contributed by atoms with Crippen molar-refractivity contribution in [1.82, 2.24) is 0 Å². The lowest BCUT2D eigenvalue weighted by Crippen LogP contribution is -2.29. The van der Waals surface area contributed by atoms with E-state index in [-0.39, 0.29) is 12.8 Å². The highest BCUT2D eigenvalue weighted by molar-refractivity contribution is 7.47. The Morgan fingerprint density at radius 1 is 0.556 bits per heavy atom. The minimum Gasteiger partial charge on any atom is -0.462 e. The van der Waals surface area contributed by atoms with Gasteiger partial charge in [0, 0.05) is 12.8 Å². The molecule has 0 aromatic carbocycles. The van der Waals surface area contributed by atoms with E-state index in [0.29, 0.717) is 32.1 Å². The fourth-order valence-electron chi connectivity index (χ4n) is 5.05. The molecule has 5 N–H and O–H groups in total. The monoisotopic (exact) mass is 901 g/mol. The Morgan fingerprint density at radius 2 is 1.10 bits per heavy atom. The molecule has 0 saturated carbocycles. The Balaban J connectivity index is 4.62. The van der Waals surface area contributed by atoms with E-state index in [1.807, 2.05) is 49.5 Å². The van der Waals surface area contributed by atoms with Crippen LogP contribution in [0.3, 0.4) is 0 Å². The van der Waals surface area contributed by atoms with Crippen molar-refractivity contribution in [3.63, 3.8) is 0 Å². The summed E-state index contributed by atoms with van der Waals surface area (Å²) in [5, 5.41) is 38.4. The lowest BCUT2D eigenvalue weighted by Gasteiger charge is -2.20. The Bertz CT molecular complexity index is 1530. The van der Waals surface area contributed by atoms with Crippen LogP contribution in [0.15, 0.2) is 134 Å². The number of allylic oxidation sites excluding steroid dienone is 18. The van der Waals surface area contributed by atoms with Crippen molar-refractivity contribution in [2.75, 3.05) is 26.4 Å². The van der Waals surface area contributed by atoms with E-state index in [4.69, 9.17) is 19.1 Å². The van der Waals surface area contributed by atoms with Gasteiger partial charge in [0.05, 0.1) is 32.0 Å². The van der Waals surface area contributed by atoms with Crippen LogP contribution in [-0.4, -0.2) is 88.1 Å². The number of hydrogen-bond acceptors (Lipinski definition) is 11. The molecule has 13 heteroatoms. The molecule has 0 fully saturated rings. The molecule has 354 valence electrons. The molecule has 5 atom stereocenters. The molecular weight excluding hydrogens is 824 g/mol. The predicted molar refractivity (Wildman–Crippen MR) is 253 cm³/mol. The molecule has 0 radical (unpaired) electrons. The molecule has 0 spiro atoms. The average Bonchev–Trinajstić information content (AvgIpc) is 3.26. The second-order valence-electron chi connectivity index (χ2n) is 14.4. The molecular formula is C50H77O12P. The maximum Gasteiger partial charge on any atom is 0.472 e. The van der Waals surface area contributed by atoms with Crippen molar-refractivity contribution in [1.29, 1.82) is 0 Å². The largest absolute Gasteiger partial charge is 0.472 e. The van der Waals surface area contributed by atoms with Gasteiger partial charge in [-0.05, 0) is 83.5 Å². The van der Waals surface area contributed by atoms with Gasteiger partial charge in [0.2, 0.25) is 0 Å². The summed E-state index contributed by atoms with van der Waals surface area (Å²) >= 11 is 0. The minimum atomic E-state index is -4.70. The molecule has 0 bridgehead atoms. The Labute approximate surface area is 377 Å². The van der Waals surface area contributed by atoms with Crippen molar-refractivity contribution in [2.24, 2.45) is 0 Å². The smallest absolute Gasteiger partial charge is 0.462 e. The first-order valence-electron chi connectivity index (χ1n) is 22.4. The normalized spacial score (nSPS) is 16.0. The van der Waals surface area contributed by atoms with E-state index in [0.717, 1.165) is 57.8 Å². The average molecular weight is 901 g/mol. The van der Waals surface area contributed by atoms with Gasteiger partial charge in [-0.1, -0.05) is 154 Å². The first-order chi connectivity index (χ1) is 30.5. The van der Waals surface area contributed by atoms with Crippen molar-refractivity contribution < 1.29 is 58.0 Å². The van der Waals surface area contributed by atoms with Crippen LogP contribution < -0.4 is 0 Å². The molecule has 0 saturated heterocycles. The van der Waals surface area contributed by atoms with Gasteiger partial charge in [0.1, 0.15) is 12.7 Å². The van der Waals surface area contributed by atoms with Crippen LogP contribution in [0.5, 0.6) is 0 Å². The predicted octanol–water partition coefficient (Wildman–Crippen LogP) is 10.0. The van der Waals surface area contributed by atoms with Crippen LogP contribution >= 0.6 is 7.82 Å². The molecule has 0 aliphatic rings. The zero-order chi connectivity index (χ0) is 46.5. The number of phosphoric ester groups is 1. The zero-order valence-electron chi connectivity index (χ0n) is 37.7. The molecule has 63 heavy (non-hydrogen) atoms. The van der Waals surface area contributed by atoms with Crippen LogP contribution in [0.25, 0.3) is 0 Å². The van der Waals surface area contributed by atoms with Gasteiger partial charge in [-0.15, -0.1) is 0 Å². The molecule has 0 heterocycles. The molecule has 0 rings (SSSR count). The molecule has 12 nitrogen and oxygen atoms in total. The maximum absolute atomic E-state index is 12.6. The lowest BCUT2D eigenvalue weighted by molar-refractivity contribution is -0.161. The highest BCUT2D eigenvalue weighted by Crippen LogP contribution is 2.43. The van der Waals surface area contributed by atoms with E-state index in [2.05, 4.69) is 72.2 Å². The van der Waals surface area contributed by atoms with Gasteiger partial charge in [0.15, 0.2) is 6.10 Å². The van der Waals surface area contributed by atoms with E-state index in [1.165, 1.54) is 0 Å². The summed E-state index contributed by atoms with van der Waals surface area (Å²) in [6.07, 6.45) is 50.6. The number of rotatable bonds is 39. The molecule has 1 unspecified atom stereocenters. The van der Waals surface area contributed by atoms with Crippen LogP contribution in [0.2, 0.25) is 0 Å². The van der Waals surface area contributed by atoms with Crippen LogP contribution in [0.4, 0.5) is 0 Å². The number of unbranched alkanes of at least 4 members (excludes halogenated alkanes) is 4. The summed E-state index contributed by atoms with van der Waals surface area (Å²) in [7, 11) is -4.70. The Hall–Kier alpha value is -3.97. The summed E-state index contributed by atoms with van der Waals surface area (Å²) in [5.41, 5.74) is 0. The highest BCUT2D eigenvalue weighted by atomic mass is 31.2. The standard InChI is InChI=1S/C50H77O12P/c1-3-5-7-8-9-10-11-12-13-14-15-16-17-18-19-20-24-27-33-39-49(55)59-43-48(44-61-63(57,58)60-42-47(54)41-51)62-50(56)40-34-28-32-38-46(53)37-31-26-23-21-22-25-30-36-45(52)35-29-6-4-2/h5-7,9-10,12-13,15-16,18-19,22-23,25-26,29-32,36-38,45-48,51-54H,3-4,8,11,14,17,20-21,24,27-28,33-35,39-44H2,1-2H3,(H,57,58)/b7-5-,10-9-,13-12-,16-15-,19-18-,25-22-,26-23-,29-6-,36-30+,37-31+,38-32-/t45-,46-,47-,48+/m0/s1. The number of aliphatic hydroxyl groups excluding tert-OH is 4. The van der Waals surface area contributed by atoms with Crippen LogP contribution in [0, 0.1) is 0 Å². The van der Waals surface area contributed by atoms with Gasteiger partial charge in [0.25, 0.3) is 0 Å². The number of carbonyl (C=O) groups is 2. The fourth-order valence-corrected chi connectivity index (χ4v) is 5.84. The van der Waals surface area contributed by atoms with Crippen molar-refractivity contribution in [2.45, 2.75) is 141 Å². The van der Waals surface area contributed by atoms with E-state index >= 15 is 0 Å². The number of aliphatic hydroxyl groups is 4. The fraction of sp³-hybridized carbons (Fsp3) is 0.520. The van der Waals surface area contributed by atoms with Crippen LogP contribution in [-0.2, 0) is 32.7 Å². The number of phosphoric acid groups is 1. The van der Waals surface area contributed by atoms with Crippen molar-refractivity contribution in [3.8, 4) is 0 Å². The van der Waals surface area contributed by atoms with Gasteiger partial charge < -0.3 is 34.8 Å². The number of hydrogen-bond donors (Lipinski definition) is 5. The van der Waals surface area contributed by atoms with Gasteiger partial charge >= 0.3 is 19.8 Å². The zero-order valence-corrected chi connectivity index (χ0v) is 38.6. The number of carbonyl (C=O) groups excluding carboxylic acids is 2. The summed E-state index contributed by atoms with van der Waals surface area (Å²) in [4.78, 5) is 35.0.